The molecule has 0 bridgehead atoms. The number of nitrogens with one attached hydrogen (secondary N) is 1. The standard InChI is InChI=1S/C18H19NO3/c20-17(11-10-16-7-4-12-22-16)19-13-18(21,15-8-9-15)14-5-2-1-3-6-14/h1-7,10-12,15,21H,8-9,13H2,(H,19,20)/b11-10+. The van der Waals surface area contributed by atoms with Gasteiger partial charge in [-0.05, 0) is 42.5 Å². The lowest BCUT2D eigenvalue weighted by Gasteiger charge is -2.29. The van der Waals surface area contributed by atoms with Gasteiger partial charge in [0.15, 0.2) is 0 Å². The summed E-state index contributed by atoms with van der Waals surface area (Å²) in [5.41, 5.74) is -0.136. The van der Waals surface area contributed by atoms with Crippen LogP contribution in [0.3, 0.4) is 0 Å². The Balaban J connectivity index is 1.64. The van der Waals surface area contributed by atoms with E-state index >= 15 is 0 Å². The second-order valence-electron chi connectivity index (χ2n) is 5.63. The summed E-state index contributed by atoms with van der Waals surface area (Å²) >= 11 is 0. The second kappa shape index (κ2) is 6.20. The molecule has 1 aliphatic rings. The van der Waals surface area contributed by atoms with E-state index in [1.165, 1.54) is 6.08 Å². The molecule has 1 atom stereocenters. The van der Waals surface area contributed by atoms with Crippen LogP contribution < -0.4 is 5.32 Å². The van der Waals surface area contributed by atoms with E-state index in [4.69, 9.17) is 4.42 Å². The first-order valence-corrected chi connectivity index (χ1v) is 7.46. The van der Waals surface area contributed by atoms with Crippen molar-refractivity contribution in [2.45, 2.75) is 18.4 Å². The Labute approximate surface area is 129 Å². The Bertz CT molecular complexity index is 644. The fourth-order valence-corrected chi connectivity index (χ4v) is 2.59. The van der Waals surface area contributed by atoms with Gasteiger partial charge >= 0.3 is 0 Å². The number of hydrogen-bond donors (Lipinski definition) is 2. The minimum Gasteiger partial charge on any atom is -0.465 e. The van der Waals surface area contributed by atoms with Crippen molar-refractivity contribution in [3.05, 3.63) is 66.1 Å². The number of rotatable bonds is 6. The number of aliphatic hydroxyl groups is 1. The summed E-state index contributed by atoms with van der Waals surface area (Å²) in [6, 6.07) is 13.1. The van der Waals surface area contributed by atoms with Crippen LogP contribution in [0.4, 0.5) is 0 Å². The minimum atomic E-state index is -0.991. The summed E-state index contributed by atoms with van der Waals surface area (Å²) < 4.78 is 5.13. The van der Waals surface area contributed by atoms with Gasteiger partial charge in [0.2, 0.25) is 5.91 Å². The highest BCUT2D eigenvalue weighted by atomic mass is 16.3. The van der Waals surface area contributed by atoms with Gasteiger partial charge in [0.25, 0.3) is 0 Å². The van der Waals surface area contributed by atoms with E-state index in [2.05, 4.69) is 5.32 Å². The van der Waals surface area contributed by atoms with Gasteiger partial charge in [0.1, 0.15) is 11.4 Å². The summed E-state index contributed by atoms with van der Waals surface area (Å²) in [5.74, 6) is 0.589. The molecule has 3 rings (SSSR count). The molecule has 1 aromatic carbocycles. The SMILES string of the molecule is O=C(/C=C/c1ccco1)NCC(O)(c1ccccc1)C1CC1. The third-order valence-electron chi connectivity index (χ3n) is 4.00. The van der Waals surface area contributed by atoms with Crippen LogP contribution in [-0.2, 0) is 10.4 Å². The fraction of sp³-hybridized carbons (Fsp3) is 0.278. The minimum absolute atomic E-state index is 0.211. The molecule has 1 unspecified atom stereocenters. The van der Waals surface area contributed by atoms with Gasteiger partial charge in [-0.1, -0.05) is 30.3 Å². The van der Waals surface area contributed by atoms with Gasteiger partial charge < -0.3 is 14.8 Å². The lowest BCUT2D eigenvalue weighted by atomic mass is 9.88. The molecule has 1 amide bonds. The molecule has 1 saturated carbocycles. The lowest BCUT2D eigenvalue weighted by molar-refractivity contribution is -0.118. The van der Waals surface area contributed by atoms with Crippen LogP contribution in [-0.4, -0.2) is 17.6 Å². The van der Waals surface area contributed by atoms with Gasteiger partial charge in [-0.25, -0.2) is 0 Å². The maximum absolute atomic E-state index is 11.9. The first-order chi connectivity index (χ1) is 10.7. The van der Waals surface area contributed by atoms with Crippen LogP contribution >= 0.6 is 0 Å². The van der Waals surface area contributed by atoms with Crippen LogP contribution in [0.5, 0.6) is 0 Å². The predicted octanol–water partition coefficient (Wildman–Crippen LogP) is 2.71. The Hall–Kier alpha value is -2.33. The summed E-state index contributed by atoms with van der Waals surface area (Å²) in [4.78, 5) is 11.9. The van der Waals surface area contributed by atoms with Crippen LogP contribution in [0, 0.1) is 5.92 Å². The van der Waals surface area contributed by atoms with Crippen molar-refractivity contribution in [1.29, 1.82) is 0 Å². The molecular weight excluding hydrogens is 278 g/mol. The van der Waals surface area contributed by atoms with Gasteiger partial charge in [-0.2, -0.15) is 0 Å². The number of hydrogen-bond acceptors (Lipinski definition) is 3. The number of benzene rings is 1. The molecule has 0 aliphatic heterocycles. The molecule has 1 fully saturated rings. The topological polar surface area (TPSA) is 62.5 Å². The van der Waals surface area contributed by atoms with Crippen molar-refractivity contribution in [3.63, 3.8) is 0 Å². The van der Waals surface area contributed by atoms with E-state index in [-0.39, 0.29) is 18.4 Å². The summed E-state index contributed by atoms with van der Waals surface area (Å²) in [6.07, 6.45) is 6.55. The Morgan fingerprint density at radius 2 is 2.05 bits per heavy atom. The highest BCUT2D eigenvalue weighted by molar-refractivity contribution is 5.91. The maximum atomic E-state index is 11.9. The third kappa shape index (κ3) is 3.28. The zero-order valence-corrected chi connectivity index (χ0v) is 12.2. The molecule has 4 heteroatoms. The molecule has 4 nitrogen and oxygen atoms in total. The molecule has 2 aromatic rings. The molecular formula is C18H19NO3. The van der Waals surface area contributed by atoms with E-state index in [1.807, 2.05) is 30.3 Å². The molecule has 114 valence electrons. The second-order valence-corrected chi connectivity index (χ2v) is 5.63. The Kier molecular flexibility index (Phi) is 4.11. The largest absolute Gasteiger partial charge is 0.465 e. The molecule has 0 radical (unpaired) electrons. The van der Waals surface area contributed by atoms with E-state index in [1.54, 1.807) is 24.5 Å². The Morgan fingerprint density at radius 1 is 1.27 bits per heavy atom. The quantitative estimate of drug-likeness (QED) is 0.806. The summed E-state index contributed by atoms with van der Waals surface area (Å²) in [5, 5.41) is 13.8. The van der Waals surface area contributed by atoms with Crippen molar-refractivity contribution >= 4 is 12.0 Å². The molecule has 1 aromatic heterocycles. The number of amides is 1. The molecule has 1 aliphatic carbocycles. The predicted molar refractivity (Wildman–Crippen MR) is 83.8 cm³/mol. The number of furan rings is 1. The zero-order chi connectivity index (χ0) is 15.4. The van der Waals surface area contributed by atoms with Crippen LogP contribution in [0.25, 0.3) is 6.08 Å². The number of carbonyl (C=O) groups excluding carboxylic acids is 1. The van der Waals surface area contributed by atoms with Gasteiger partial charge in [-0.15, -0.1) is 0 Å². The van der Waals surface area contributed by atoms with E-state index in [0.29, 0.717) is 5.76 Å². The van der Waals surface area contributed by atoms with E-state index < -0.39 is 5.60 Å². The van der Waals surface area contributed by atoms with Crippen molar-refractivity contribution in [2.24, 2.45) is 5.92 Å². The van der Waals surface area contributed by atoms with E-state index in [9.17, 15) is 9.90 Å². The normalized spacial score (nSPS) is 17.3. The fourth-order valence-electron chi connectivity index (χ4n) is 2.59. The van der Waals surface area contributed by atoms with Crippen molar-refractivity contribution < 1.29 is 14.3 Å². The molecule has 22 heavy (non-hydrogen) atoms. The zero-order valence-electron chi connectivity index (χ0n) is 12.2. The van der Waals surface area contributed by atoms with Crippen LogP contribution in [0.1, 0.15) is 24.2 Å². The average Bonchev–Trinajstić information content (AvgIpc) is 3.29. The summed E-state index contributed by atoms with van der Waals surface area (Å²) in [6.45, 7) is 0.211. The highest BCUT2D eigenvalue weighted by Gasteiger charge is 2.45. The molecule has 0 spiro atoms. The van der Waals surface area contributed by atoms with Crippen LogP contribution in [0.15, 0.2) is 59.2 Å². The van der Waals surface area contributed by atoms with Crippen molar-refractivity contribution in [2.75, 3.05) is 6.54 Å². The van der Waals surface area contributed by atoms with Crippen molar-refractivity contribution in [1.82, 2.24) is 5.32 Å². The van der Waals surface area contributed by atoms with Crippen molar-refractivity contribution in [3.8, 4) is 0 Å². The smallest absolute Gasteiger partial charge is 0.244 e. The van der Waals surface area contributed by atoms with Crippen LogP contribution in [0.2, 0.25) is 0 Å². The third-order valence-corrected chi connectivity index (χ3v) is 4.00. The van der Waals surface area contributed by atoms with Gasteiger partial charge in [0, 0.05) is 6.08 Å². The monoisotopic (exact) mass is 297 g/mol. The first-order valence-electron chi connectivity index (χ1n) is 7.46. The summed E-state index contributed by atoms with van der Waals surface area (Å²) in [7, 11) is 0. The Morgan fingerprint density at radius 3 is 2.68 bits per heavy atom. The molecule has 0 saturated heterocycles. The molecule has 1 heterocycles. The van der Waals surface area contributed by atoms with Gasteiger partial charge in [-0.3, -0.25) is 4.79 Å². The average molecular weight is 297 g/mol. The number of carbonyl (C=O) groups is 1. The lowest BCUT2D eigenvalue weighted by Crippen LogP contribution is -2.42. The molecule has 2 N–H and O–H groups in total. The van der Waals surface area contributed by atoms with E-state index in [0.717, 1.165) is 18.4 Å². The highest BCUT2D eigenvalue weighted by Crippen LogP contribution is 2.45. The maximum Gasteiger partial charge on any atom is 0.244 e. The van der Waals surface area contributed by atoms with Gasteiger partial charge in [0.05, 0.1) is 12.8 Å². The first kappa shape index (κ1) is 14.6.